The quantitative estimate of drug-likeness (QED) is 0.459. The average molecular weight is 274 g/mol. The second-order valence-corrected chi connectivity index (χ2v) is 4.75. The van der Waals surface area contributed by atoms with Crippen LogP contribution in [0.3, 0.4) is 0 Å². The first kappa shape index (κ1) is 12.4. The average Bonchev–Trinajstić information content (AvgIpc) is 2.96. The Labute approximate surface area is 113 Å². The first-order valence-electron chi connectivity index (χ1n) is 6.00. The maximum atomic E-state index is 12.2. The molecular weight excluding hydrogens is 264 g/mol. The number of amides is 2. The van der Waals surface area contributed by atoms with E-state index in [9.17, 15) is 19.7 Å². The Kier molecular flexibility index (Phi) is 2.60. The van der Waals surface area contributed by atoms with Crippen LogP contribution in [-0.4, -0.2) is 29.3 Å². The summed E-state index contributed by atoms with van der Waals surface area (Å²) in [5.41, 5.74) is 0.420. The van der Waals surface area contributed by atoms with Crippen LogP contribution < -0.4 is 4.90 Å². The van der Waals surface area contributed by atoms with Gasteiger partial charge in [-0.05, 0) is 18.6 Å². The molecule has 0 aliphatic carbocycles. The lowest BCUT2D eigenvalue weighted by Crippen LogP contribution is -2.32. The SMILES string of the molecule is Cc1ccc(N2C(=O)C3CN=NC3C2=O)c([N+](=O)[O-])c1. The van der Waals surface area contributed by atoms with Gasteiger partial charge in [0.1, 0.15) is 5.69 Å². The van der Waals surface area contributed by atoms with Crippen molar-refractivity contribution in [1.29, 1.82) is 0 Å². The van der Waals surface area contributed by atoms with Crippen molar-refractivity contribution in [2.75, 3.05) is 11.4 Å². The normalized spacial score (nSPS) is 24.4. The molecule has 8 heteroatoms. The molecule has 0 N–H and O–H groups in total. The van der Waals surface area contributed by atoms with Gasteiger partial charge in [0.2, 0.25) is 5.91 Å². The summed E-state index contributed by atoms with van der Waals surface area (Å²) in [7, 11) is 0. The van der Waals surface area contributed by atoms with Crippen molar-refractivity contribution in [1.82, 2.24) is 0 Å². The van der Waals surface area contributed by atoms with E-state index in [0.717, 1.165) is 4.90 Å². The lowest BCUT2D eigenvalue weighted by molar-refractivity contribution is -0.384. The molecule has 0 aromatic heterocycles. The number of benzene rings is 1. The van der Waals surface area contributed by atoms with Crippen molar-refractivity contribution in [2.45, 2.75) is 13.0 Å². The maximum absolute atomic E-state index is 12.2. The molecule has 3 rings (SSSR count). The van der Waals surface area contributed by atoms with Crippen LogP contribution in [0.5, 0.6) is 0 Å². The molecule has 20 heavy (non-hydrogen) atoms. The number of carbonyl (C=O) groups excluding carboxylic acids is 2. The number of hydrogen-bond acceptors (Lipinski definition) is 6. The Balaban J connectivity index is 2.10. The first-order valence-corrected chi connectivity index (χ1v) is 6.00. The number of anilines is 1. The van der Waals surface area contributed by atoms with E-state index in [0.29, 0.717) is 5.56 Å². The third-order valence-electron chi connectivity index (χ3n) is 3.45. The minimum absolute atomic E-state index is 0.000185. The fourth-order valence-electron chi connectivity index (χ4n) is 2.45. The van der Waals surface area contributed by atoms with Gasteiger partial charge in [-0.2, -0.15) is 10.2 Å². The Morgan fingerprint density at radius 3 is 2.75 bits per heavy atom. The summed E-state index contributed by atoms with van der Waals surface area (Å²) in [5, 5.41) is 18.5. The molecule has 0 bridgehead atoms. The summed E-state index contributed by atoms with van der Waals surface area (Å²) in [4.78, 5) is 35.8. The number of imide groups is 1. The Bertz CT molecular complexity index is 669. The summed E-state index contributed by atoms with van der Waals surface area (Å²) in [5.74, 6) is -1.64. The molecule has 8 nitrogen and oxygen atoms in total. The highest BCUT2D eigenvalue weighted by molar-refractivity contribution is 6.24. The van der Waals surface area contributed by atoms with Crippen LogP contribution in [0.25, 0.3) is 0 Å². The number of carbonyl (C=O) groups is 2. The number of nitro benzene ring substituents is 1. The maximum Gasteiger partial charge on any atom is 0.293 e. The van der Waals surface area contributed by atoms with Crippen LogP contribution in [0.1, 0.15) is 5.56 Å². The van der Waals surface area contributed by atoms with Crippen LogP contribution in [-0.2, 0) is 9.59 Å². The van der Waals surface area contributed by atoms with Crippen LogP contribution in [0, 0.1) is 23.0 Å². The van der Waals surface area contributed by atoms with E-state index >= 15 is 0 Å². The third kappa shape index (κ3) is 1.61. The van der Waals surface area contributed by atoms with E-state index in [1.807, 2.05) is 0 Å². The van der Waals surface area contributed by atoms with Gasteiger partial charge < -0.3 is 0 Å². The zero-order valence-corrected chi connectivity index (χ0v) is 10.5. The monoisotopic (exact) mass is 274 g/mol. The molecular formula is C12H10N4O4. The molecule has 0 radical (unpaired) electrons. The van der Waals surface area contributed by atoms with Gasteiger partial charge in [0.15, 0.2) is 6.04 Å². The number of azo groups is 1. The van der Waals surface area contributed by atoms with E-state index < -0.39 is 28.7 Å². The second-order valence-electron chi connectivity index (χ2n) is 4.75. The predicted octanol–water partition coefficient (Wildman–Crippen LogP) is 1.23. The highest BCUT2D eigenvalue weighted by atomic mass is 16.6. The lowest BCUT2D eigenvalue weighted by Gasteiger charge is -2.15. The van der Waals surface area contributed by atoms with Gasteiger partial charge in [0, 0.05) is 6.07 Å². The van der Waals surface area contributed by atoms with Gasteiger partial charge in [0.25, 0.3) is 11.6 Å². The van der Waals surface area contributed by atoms with Crippen molar-refractivity contribution in [3.8, 4) is 0 Å². The summed E-state index contributed by atoms with van der Waals surface area (Å²) in [6.07, 6.45) is 0. The van der Waals surface area contributed by atoms with Gasteiger partial charge >= 0.3 is 0 Å². The van der Waals surface area contributed by atoms with Crippen LogP contribution in [0.15, 0.2) is 28.4 Å². The molecule has 1 aromatic carbocycles. The molecule has 2 amide bonds. The predicted molar refractivity (Wildman–Crippen MR) is 67.3 cm³/mol. The zero-order chi connectivity index (χ0) is 14.4. The fourth-order valence-corrected chi connectivity index (χ4v) is 2.45. The second kappa shape index (κ2) is 4.19. The van der Waals surface area contributed by atoms with E-state index in [-0.39, 0.29) is 17.9 Å². The fraction of sp³-hybridized carbons (Fsp3) is 0.333. The van der Waals surface area contributed by atoms with Gasteiger partial charge in [-0.25, -0.2) is 4.90 Å². The van der Waals surface area contributed by atoms with Crippen molar-refractivity contribution in [3.63, 3.8) is 0 Å². The zero-order valence-electron chi connectivity index (χ0n) is 10.5. The van der Waals surface area contributed by atoms with Crippen molar-refractivity contribution < 1.29 is 14.5 Å². The molecule has 1 fully saturated rings. The van der Waals surface area contributed by atoms with E-state index in [1.165, 1.54) is 12.1 Å². The summed E-state index contributed by atoms with van der Waals surface area (Å²) >= 11 is 0. The summed E-state index contributed by atoms with van der Waals surface area (Å²) < 4.78 is 0. The molecule has 1 aromatic rings. The lowest BCUT2D eigenvalue weighted by atomic mass is 10.1. The Hall–Kier alpha value is -2.64. The largest absolute Gasteiger partial charge is 0.293 e. The van der Waals surface area contributed by atoms with E-state index in [1.54, 1.807) is 13.0 Å². The topological polar surface area (TPSA) is 105 Å². The van der Waals surface area contributed by atoms with Crippen molar-refractivity contribution in [2.24, 2.45) is 16.1 Å². The molecule has 0 spiro atoms. The molecule has 1 saturated heterocycles. The highest BCUT2D eigenvalue weighted by Crippen LogP contribution is 2.37. The van der Waals surface area contributed by atoms with Crippen LogP contribution >= 0.6 is 0 Å². The number of aryl methyl sites for hydroxylation is 1. The smallest absolute Gasteiger partial charge is 0.274 e. The number of nitrogens with zero attached hydrogens (tertiary/aromatic N) is 4. The number of hydrogen-bond donors (Lipinski definition) is 0. The molecule has 2 aliphatic rings. The summed E-state index contributed by atoms with van der Waals surface area (Å²) in [6.45, 7) is 1.86. The molecule has 2 atom stereocenters. The van der Waals surface area contributed by atoms with Crippen LogP contribution in [0.2, 0.25) is 0 Å². The minimum Gasteiger partial charge on any atom is -0.274 e. The summed E-state index contributed by atoms with van der Waals surface area (Å²) in [6, 6.07) is 3.55. The van der Waals surface area contributed by atoms with Crippen LogP contribution in [0.4, 0.5) is 11.4 Å². The number of nitro groups is 1. The van der Waals surface area contributed by atoms with E-state index in [4.69, 9.17) is 0 Å². The number of rotatable bonds is 2. The van der Waals surface area contributed by atoms with Crippen molar-refractivity contribution >= 4 is 23.2 Å². The number of fused-ring (bicyclic) bond motifs is 1. The minimum atomic E-state index is -0.830. The Morgan fingerprint density at radius 1 is 1.35 bits per heavy atom. The molecule has 2 aliphatic heterocycles. The molecule has 2 unspecified atom stereocenters. The van der Waals surface area contributed by atoms with Gasteiger partial charge in [0.05, 0.1) is 17.4 Å². The first-order chi connectivity index (χ1) is 9.50. The standard InChI is InChI=1S/C12H10N4O4/c1-6-2-3-8(9(4-6)16(19)20)15-11(17)7-5-13-14-10(7)12(15)18/h2-4,7,10H,5H2,1H3. The van der Waals surface area contributed by atoms with E-state index in [2.05, 4.69) is 10.2 Å². The molecule has 0 saturated carbocycles. The van der Waals surface area contributed by atoms with Crippen molar-refractivity contribution in [3.05, 3.63) is 33.9 Å². The highest BCUT2D eigenvalue weighted by Gasteiger charge is 2.52. The third-order valence-corrected chi connectivity index (χ3v) is 3.45. The van der Waals surface area contributed by atoms with Gasteiger partial charge in [-0.3, -0.25) is 19.7 Å². The molecule has 102 valence electrons. The Morgan fingerprint density at radius 2 is 2.10 bits per heavy atom. The van der Waals surface area contributed by atoms with Gasteiger partial charge in [-0.1, -0.05) is 6.07 Å². The van der Waals surface area contributed by atoms with Gasteiger partial charge in [-0.15, -0.1) is 0 Å². The molecule has 2 heterocycles.